The molecule has 0 unspecified atom stereocenters. The molecular weight excluding hydrogens is 424 g/mol. The Labute approximate surface area is 196 Å². The highest BCUT2D eigenvalue weighted by Gasteiger charge is 2.43. The molecule has 1 saturated heterocycles. The number of carbonyl (C=O) groups excluding carboxylic acids is 1. The van der Waals surface area contributed by atoms with Gasteiger partial charge in [0, 0.05) is 18.3 Å². The lowest BCUT2D eigenvalue weighted by atomic mass is 9.87. The van der Waals surface area contributed by atoms with Crippen LogP contribution in [0.3, 0.4) is 0 Å². The molecule has 1 saturated carbocycles. The molecule has 184 valence electrons. The predicted octanol–water partition coefficient (Wildman–Crippen LogP) is 3.05. The third-order valence-corrected chi connectivity index (χ3v) is 6.25. The Balaban J connectivity index is 1.45. The van der Waals surface area contributed by atoms with Gasteiger partial charge in [0.2, 0.25) is 0 Å². The summed E-state index contributed by atoms with van der Waals surface area (Å²) in [6.07, 6.45) is 4.63. The minimum absolute atomic E-state index is 0.00811. The molecule has 1 aromatic carbocycles. The Bertz CT molecular complexity index is 778. The van der Waals surface area contributed by atoms with Crippen molar-refractivity contribution in [3.05, 3.63) is 42.0 Å². The van der Waals surface area contributed by atoms with Crippen LogP contribution in [0.2, 0.25) is 0 Å². The second-order valence-corrected chi connectivity index (χ2v) is 9.49. The first-order chi connectivity index (χ1) is 15.8. The quantitative estimate of drug-likeness (QED) is 0.408. The molecule has 2 N–H and O–H groups in total. The third-order valence-electron chi connectivity index (χ3n) is 6.25. The van der Waals surface area contributed by atoms with E-state index in [1.165, 1.54) is 0 Å². The smallest absolute Gasteiger partial charge is 0.332 e. The fraction of sp³-hybridized carbons (Fsp3) is 0.654. The van der Waals surface area contributed by atoms with Gasteiger partial charge in [0.1, 0.15) is 25.1 Å². The number of benzene rings is 1. The summed E-state index contributed by atoms with van der Waals surface area (Å²) < 4.78 is 22.4. The summed E-state index contributed by atoms with van der Waals surface area (Å²) in [6, 6.07) is 7.71. The predicted molar refractivity (Wildman–Crippen MR) is 124 cm³/mol. The van der Waals surface area contributed by atoms with E-state index in [-0.39, 0.29) is 49.1 Å². The highest BCUT2D eigenvalue weighted by Crippen LogP contribution is 2.41. The molecule has 0 aromatic heterocycles. The largest absolute Gasteiger partial charge is 0.491 e. The molecule has 0 radical (unpaired) electrons. The molecule has 0 spiro atoms. The average Bonchev–Trinajstić information content (AvgIpc) is 2.92. The van der Waals surface area contributed by atoms with Crippen LogP contribution in [0.4, 0.5) is 0 Å². The number of hydrogen-bond acceptors (Lipinski definition) is 7. The normalized spacial score (nSPS) is 28.5. The van der Waals surface area contributed by atoms with E-state index in [9.17, 15) is 15.0 Å². The molecule has 0 bridgehead atoms. The number of rotatable bonds is 10. The summed E-state index contributed by atoms with van der Waals surface area (Å²) in [4.78, 5) is 11.6. The van der Waals surface area contributed by atoms with Gasteiger partial charge in [-0.05, 0) is 57.2 Å². The Kier molecular flexibility index (Phi) is 9.74. The van der Waals surface area contributed by atoms with Crippen LogP contribution in [0.1, 0.15) is 38.7 Å². The number of aliphatic hydroxyl groups excluding tert-OH is 2. The van der Waals surface area contributed by atoms with Crippen molar-refractivity contribution in [2.45, 2.75) is 64.4 Å². The van der Waals surface area contributed by atoms with Crippen LogP contribution in [-0.2, 0) is 19.0 Å². The summed E-state index contributed by atoms with van der Waals surface area (Å²) in [5.41, 5.74) is 1.10. The molecule has 7 heteroatoms. The summed E-state index contributed by atoms with van der Waals surface area (Å²) in [7, 11) is 0. The first kappa shape index (κ1) is 25.7. The number of carbonyl (C=O) groups is 1. The summed E-state index contributed by atoms with van der Waals surface area (Å²) in [5, 5.41) is 20.9. The van der Waals surface area contributed by atoms with Crippen LogP contribution in [0.25, 0.3) is 0 Å². The molecule has 6 atom stereocenters. The van der Waals surface area contributed by atoms with E-state index < -0.39 is 12.2 Å². The molecule has 7 nitrogen and oxygen atoms in total. The number of aryl methyl sites for hydroxylation is 1. The van der Waals surface area contributed by atoms with Gasteiger partial charge in [0.05, 0.1) is 31.5 Å². The molecule has 1 heterocycles. The van der Waals surface area contributed by atoms with Gasteiger partial charge in [-0.1, -0.05) is 24.3 Å². The lowest BCUT2D eigenvalue weighted by molar-refractivity contribution is -0.153. The zero-order chi connectivity index (χ0) is 23.8. The average molecular weight is 463 g/mol. The Morgan fingerprint density at radius 2 is 2.12 bits per heavy atom. The van der Waals surface area contributed by atoms with Crippen molar-refractivity contribution in [1.82, 2.24) is 0 Å². The van der Waals surface area contributed by atoms with Crippen molar-refractivity contribution in [2.24, 2.45) is 17.8 Å². The molecule has 1 aromatic rings. The van der Waals surface area contributed by atoms with E-state index in [0.29, 0.717) is 19.6 Å². The lowest BCUT2D eigenvalue weighted by Gasteiger charge is -2.21. The minimum atomic E-state index is -0.754. The van der Waals surface area contributed by atoms with Crippen molar-refractivity contribution in [3.63, 3.8) is 0 Å². The first-order valence-electron chi connectivity index (χ1n) is 11.9. The van der Waals surface area contributed by atoms with E-state index in [1.54, 1.807) is 6.08 Å². The maximum Gasteiger partial charge on any atom is 0.332 e. The number of hydrogen-bond donors (Lipinski definition) is 2. The fourth-order valence-corrected chi connectivity index (χ4v) is 4.65. The highest BCUT2D eigenvalue weighted by molar-refractivity contribution is 5.70. The zero-order valence-corrected chi connectivity index (χ0v) is 19.9. The molecule has 1 aliphatic heterocycles. The Morgan fingerprint density at radius 3 is 2.88 bits per heavy atom. The maximum absolute atomic E-state index is 11.6. The van der Waals surface area contributed by atoms with Gasteiger partial charge in [0.25, 0.3) is 0 Å². The van der Waals surface area contributed by atoms with Gasteiger partial charge in [-0.3, -0.25) is 0 Å². The number of esters is 1. The van der Waals surface area contributed by atoms with Gasteiger partial charge < -0.3 is 29.2 Å². The second-order valence-electron chi connectivity index (χ2n) is 9.49. The van der Waals surface area contributed by atoms with E-state index in [0.717, 1.165) is 24.2 Å². The van der Waals surface area contributed by atoms with Crippen LogP contribution in [0.5, 0.6) is 5.75 Å². The van der Waals surface area contributed by atoms with Gasteiger partial charge in [-0.2, -0.15) is 0 Å². The van der Waals surface area contributed by atoms with Crippen LogP contribution in [0, 0.1) is 24.7 Å². The number of aliphatic hydroxyl groups is 2. The molecule has 2 aliphatic rings. The van der Waals surface area contributed by atoms with Crippen molar-refractivity contribution in [3.8, 4) is 5.75 Å². The molecular formula is C26H38O7. The lowest BCUT2D eigenvalue weighted by Crippen LogP contribution is -2.22. The third kappa shape index (κ3) is 8.10. The van der Waals surface area contributed by atoms with E-state index >= 15 is 0 Å². The van der Waals surface area contributed by atoms with Crippen molar-refractivity contribution in [2.75, 3.05) is 26.4 Å². The van der Waals surface area contributed by atoms with Crippen molar-refractivity contribution in [1.29, 1.82) is 0 Å². The van der Waals surface area contributed by atoms with Gasteiger partial charge >= 0.3 is 5.97 Å². The molecule has 2 fully saturated rings. The van der Waals surface area contributed by atoms with Crippen LogP contribution >= 0.6 is 0 Å². The fourth-order valence-electron chi connectivity index (χ4n) is 4.65. The zero-order valence-electron chi connectivity index (χ0n) is 19.9. The van der Waals surface area contributed by atoms with Crippen LogP contribution < -0.4 is 4.74 Å². The van der Waals surface area contributed by atoms with Crippen molar-refractivity contribution >= 4 is 5.97 Å². The van der Waals surface area contributed by atoms with Gasteiger partial charge in [-0.25, -0.2) is 4.79 Å². The second kappa shape index (κ2) is 12.5. The molecule has 3 rings (SSSR count). The Morgan fingerprint density at radius 1 is 1.30 bits per heavy atom. The summed E-state index contributed by atoms with van der Waals surface area (Å²) in [6.45, 7) is 6.73. The van der Waals surface area contributed by atoms with Gasteiger partial charge in [0.15, 0.2) is 0 Å². The number of fused-ring (bicyclic) bond motifs is 1. The number of ether oxygens (including phenoxy) is 4. The Hall–Kier alpha value is -1.93. The molecule has 1 aliphatic carbocycles. The minimum Gasteiger partial charge on any atom is -0.491 e. The first-order valence-corrected chi connectivity index (χ1v) is 11.9. The van der Waals surface area contributed by atoms with Crippen LogP contribution in [0.15, 0.2) is 36.4 Å². The van der Waals surface area contributed by atoms with Crippen molar-refractivity contribution < 1.29 is 34.0 Å². The SMILES string of the molecule is Cc1cccc(OC[C@H](O)C=C[C@@H]2[C@H]3CC[C@H](COCC(=O)OC(C)C)CO[C@H]3C[C@H]2O)c1. The monoisotopic (exact) mass is 462 g/mol. The van der Waals surface area contributed by atoms with E-state index in [1.807, 2.05) is 51.1 Å². The molecule has 33 heavy (non-hydrogen) atoms. The highest BCUT2D eigenvalue weighted by atomic mass is 16.6. The molecule has 0 amide bonds. The summed E-state index contributed by atoms with van der Waals surface area (Å²) in [5.74, 6) is 0.708. The van der Waals surface area contributed by atoms with E-state index in [2.05, 4.69) is 0 Å². The van der Waals surface area contributed by atoms with Gasteiger partial charge in [-0.15, -0.1) is 0 Å². The standard InChI is InChI=1S/C26H38O7/c1-17(2)33-26(29)16-30-13-19-7-9-23-22(24(28)12-25(23)32-14-19)10-8-20(27)15-31-21-6-4-5-18(3)11-21/h4-6,8,10-11,17,19-20,22-25,27-28H,7,9,12-16H2,1-3H3/t19-,20-,22-,23-,24-,25+/m1/s1. The maximum atomic E-state index is 11.6. The topological polar surface area (TPSA) is 94.5 Å². The summed E-state index contributed by atoms with van der Waals surface area (Å²) >= 11 is 0. The van der Waals surface area contributed by atoms with E-state index in [4.69, 9.17) is 18.9 Å². The van der Waals surface area contributed by atoms with Crippen LogP contribution in [-0.4, -0.2) is 67.0 Å².